The van der Waals surface area contributed by atoms with E-state index in [0.29, 0.717) is 5.92 Å². The van der Waals surface area contributed by atoms with E-state index >= 15 is 0 Å². The second-order valence-corrected chi connectivity index (χ2v) is 5.81. The Morgan fingerprint density at radius 3 is 2.18 bits per heavy atom. The third-order valence-electron chi connectivity index (χ3n) is 3.50. The van der Waals surface area contributed by atoms with Gasteiger partial charge in [0.15, 0.2) is 0 Å². The van der Waals surface area contributed by atoms with Crippen LogP contribution in [0.4, 0.5) is 0 Å². The standard InChI is InChI=1S/C16H27N/c1-5-6-14-7-9-15(10-8-14)16(4,12-17)11-13(2)3/h7-10,13H,5-6,11-12,17H2,1-4H3. The van der Waals surface area contributed by atoms with Crippen molar-refractivity contribution in [3.8, 4) is 0 Å². The Balaban J connectivity index is 2.88. The van der Waals surface area contributed by atoms with E-state index in [4.69, 9.17) is 5.73 Å². The second kappa shape index (κ2) is 6.20. The Bertz CT molecular complexity index is 326. The predicted octanol–water partition coefficient (Wildman–Crippen LogP) is 3.90. The molecule has 1 nitrogen and oxygen atoms in total. The van der Waals surface area contributed by atoms with Crippen LogP contribution in [-0.2, 0) is 11.8 Å². The van der Waals surface area contributed by atoms with Crippen LogP contribution in [0.1, 0.15) is 51.7 Å². The van der Waals surface area contributed by atoms with Gasteiger partial charge in [-0.25, -0.2) is 0 Å². The van der Waals surface area contributed by atoms with Crippen molar-refractivity contribution >= 4 is 0 Å². The fourth-order valence-corrected chi connectivity index (χ4v) is 2.58. The van der Waals surface area contributed by atoms with E-state index in [1.165, 1.54) is 24.0 Å². The minimum atomic E-state index is 0.124. The van der Waals surface area contributed by atoms with Gasteiger partial charge in [0.25, 0.3) is 0 Å². The van der Waals surface area contributed by atoms with Gasteiger partial charge in [-0.1, -0.05) is 58.4 Å². The molecule has 1 unspecified atom stereocenters. The Morgan fingerprint density at radius 1 is 1.18 bits per heavy atom. The number of nitrogens with two attached hydrogens (primary N) is 1. The zero-order valence-corrected chi connectivity index (χ0v) is 11.8. The van der Waals surface area contributed by atoms with E-state index in [9.17, 15) is 0 Å². The number of aryl methyl sites for hydroxylation is 1. The van der Waals surface area contributed by atoms with Gasteiger partial charge in [0.05, 0.1) is 0 Å². The Kier molecular flexibility index (Phi) is 5.20. The monoisotopic (exact) mass is 233 g/mol. The van der Waals surface area contributed by atoms with Crippen molar-refractivity contribution in [2.24, 2.45) is 11.7 Å². The van der Waals surface area contributed by atoms with E-state index < -0.39 is 0 Å². The first kappa shape index (κ1) is 14.2. The SMILES string of the molecule is CCCc1ccc(C(C)(CN)CC(C)C)cc1. The van der Waals surface area contributed by atoms with Crippen LogP contribution in [-0.4, -0.2) is 6.54 Å². The molecule has 0 aliphatic rings. The quantitative estimate of drug-likeness (QED) is 0.792. The number of benzene rings is 1. The lowest BCUT2D eigenvalue weighted by molar-refractivity contribution is 0.377. The molecule has 0 heterocycles. The van der Waals surface area contributed by atoms with Gasteiger partial charge in [0, 0.05) is 12.0 Å². The van der Waals surface area contributed by atoms with Crippen LogP contribution in [0.5, 0.6) is 0 Å². The Hall–Kier alpha value is -0.820. The van der Waals surface area contributed by atoms with Gasteiger partial charge in [0.1, 0.15) is 0 Å². The number of hydrogen-bond donors (Lipinski definition) is 1. The molecular formula is C16H27N. The molecule has 1 atom stereocenters. The van der Waals surface area contributed by atoms with Crippen LogP contribution >= 0.6 is 0 Å². The highest BCUT2D eigenvalue weighted by Crippen LogP contribution is 2.30. The molecule has 0 radical (unpaired) electrons. The van der Waals surface area contributed by atoms with Crippen molar-refractivity contribution in [3.63, 3.8) is 0 Å². The molecule has 0 fully saturated rings. The number of hydrogen-bond acceptors (Lipinski definition) is 1. The van der Waals surface area contributed by atoms with Crippen molar-refractivity contribution in [2.45, 2.75) is 52.4 Å². The summed E-state index contributed by atoms with van der Waals surface area (Å²) >= 11 is 0. The maximum Gasteiger partial charge on any atom is 0.00497 e. The molecule has 0 bridgehead atoms. The van der Waals surface area contributed by atoms with Crippen LogP contribution in [0.2, 0.25) is 0 Å². The molecule has 17 heavy (non-hydrogen) atoms. The van der Waals surface area contributed by atoms with Gasteiger partial charge in [-0.3, -0.25) is 0 Å². The Morgan fingerprint density at radius 2 is 1.76 bits per heavy atom. The lowest BCUT2D eigenvalue weighted by Gasteiger charge is -2.30. The third-order valence-corrected chi connectivity index (χ3v) is 3.50. The van der Waals surface area contributed by atoms with Crippen molar-refractivity contribution in [3.05, 3.63) is 35.4 Å². The molecule has 0 saturated heterocycles. The van der Waals surface area contributed by atoms with Gasteiger partial charge in [0.2, 0.25) is 0 Å². The van der Waals surface area contributed by atoms with E-state index in [2.05, 4.69) is 52.0 Å². The minimum absolute atomic E-state index is 0.124. The van der Waals surface area contributed by atoms with Crippen LogP contribution in [0.25, 0.3) is 0 Å². The molecule has 0 aromatic heterocycles. The van der Waals surface area contributed by atoms with Gasteiger partial charge in [-0.15, -0.1) is 0 Å². The van der Waals surface area contributed by atoms with E-state index in [1.807, 2.05) is 0 Å². The highest BCUT2D eigenvalue weighted by molar-refractivity contribution is 5.29. The summed E-state index contributed by atoms with van der Waals surface area (Å²) in [6.45, 7) is 9.75. The van der Waals surface area contributed by atoms with Gasteiger partial charge < -0.3 is 5.73 Å². The second-order valence-electron chi connectivity index (χ2n) is 5.81. The fourth-order valence-electron chi connectivity index (χ4n) is 2.58. The highest BCUT2D eigenvalue weighted by Gasteiger charge is 2.25. The summed E-state index contributed by atoms with van der Waals surface area (Å²) in [5.41, 5.74) is 8.92. The van der Waals surface area contributed by atoms with E-state index in [-0.39, 0.29) is 5.41 Å². The van der Waals surface area contributed by atoms with E-state index in [0.717, 1.165) is 13.0 Å². The topological polar surface area (TPSA) is 26.0 Å². The summed E-state index contributed by atoms with van der Waals surface area (Å²) in [5, 5.41) is 0. The fraction of sp³-hybridized carbons (Fsp3) is 0.625. The van der Waals surface area contributed by atoms with Crippen molar-refractivity contribution in [1.82, 2.24) is 0 Å². The third kappa shape index (κ3) is 3.85. The van der Waals surface area contributed by atoms with Crippen LogP contribution in [0.15, 0.2) is 24.3 Å². The maximum absolute atomic E-state index is 5.98. The lowest BCUT2D eigenvalue weighted by Crippen LogP contribution is -2.33. The molecule has 0 spiro atoms. The van der Waals surface area contributed by atoms with Gasteiger partial charge in [-0.05, 0) is 29.9 Å². The largest absolute Gasteiger partial charge is 0.330 e. The average Bonchev–Trinajstić information content (AvgIpc) is 2.29. The van der Waals surface area contributed by atoms with Crippen molar-refractivity contribution in [1.29, 1.82) is 0 Å². The average molecular weight is 233 g/mol. The summed E-state index contributed by atoms with van der Waals surface area (Å²) in [5.74, 6) is 0.680. The zero-order chi connectivity index (χ0) is 12.9. The maximum atomic E-state index is 5.98. The molecule has 0 aliphatic carbocycles. The van der Waals surface area contributed by atoms with Crippen molar-refractivity contribution < 1.29 is 0 Å². The highest BCUT2D eigenvalue weighted by atomic mass is 14.6. The smallest absolute Gasteiger partial charge is 0.00497 e. The molecule has 96 valence electrons. The lowest BCUT2D eigenvalue weighted by atomic mass is 9.76. The molecule has 0 aliphatic heterocycles. The molecule has 0 amide bonds. The minimum Gasteiger partial charge on any atom is -0.330 e. The summed E-state index contributed by atoms with van der Waals surface area (Å²) in [6.07, 6.45) is 3.53. The predicted molar refractivity (Wildman–Crippen MR) is 76.3 cm³/mol. The first-order valence-corrected chi connectivity index (χ1v) is 6.81. The number of rotatable bonds is 6. The van der Waals surface area contributed by atoms with Crippen LogP contribution in [0, 0.1) is 5.92 Å². The van der Waals surface area contributed by atoms with Gasteiger partial charge in [-0.2, -0.15) is 0 Å². The molecule has 1 rings (SSSR count). The summed E-state index contributed by atoms with van der Waals surface area (Å²) in [7, 11) is 0. The molecule has 2 N–H and O–H groups in total. The van der Waals surface area contributed by atoms with Crippen molar-refractivity contribution in [2.75, 3.05) is 6.54 Å². The Labute approximate surface area is 106 Å². The first-order valence-electron chi connectivity index (χ1n) is 6.81. The molecule has 1 aromatic carbocycles. The summed E-state index contributed by atoms with van der Waals surface area (Å²) in [6, 6.07) is 9.04. The summed E-state index contributed by atoms with van der Waals surface area (Å²) in [4.78, 5) is 0. The van der Waals surface area contributed by atoms with E-state index in [1.54, 1.807) is 0 Å². The molecular weight excluding hydrogens is 206 g/mol. The molecule has 0 saturated carbocycles. The first-order chi connectivity index (χ1) is 8.01. The molecule has 1 heteroatoms. The van der Waals surface area contributed by atoms with Crippen LogP contribution < -0.4 is 5.73 Å². The van der Waals surface area contributed by atoms with Crippen LogP contribution in [0.3, 0.4) is 0 Å². The van der Waals surface area contributed by atoms with Gasteiger partial charge >= 0.3 is 0 Å². The summed E-state index contributed by atoms with van der Waals surface area (Å²) < 4.78 is 0. The zero-order valence-electron chi connectivity index (χ0n) is 11.8. The molecule has 1 aromatic rings. The normalized spacial score (nSPS) is 14.9.